The van der Waals surface area contributed by atoms with Crippen molar-refractivity contribution in [3.8, 4) is 0 Å². The molecule has 0 aromatic rings. The monoisotopic (exact) mass is 316 g/mol. The van der Waals surface area contributed by atoms with Crippen molar-refractivity contribution in [3.63, 3.8) is 0 Å². The number of rotatable bonds is 3. The van der Waals surface area contributed by atoms with Gasteiger partial charge in [-0.1, -0.05) is 0 Å². The molecule has 128 valence electrons. The van der Waals surface area contributed by atoms with Gasteiger partial charge in [0.25, 0.3) is 0 Å². The number of hydrogen-bond acceptors (Lipinski definition) is 2. The minimum atomic E-state index is 0.320. The van der Waals surface area contributed by atoms with Gasteiger partial charge in [-0.15, -0.1) is 0 Å². The summed E-state index contributed by atoms with van der Waals surface area (Å²) >= 11 is 0. The van der Waals surface area contributed by atoms with Crippen LogP contribution in [0.5, 0.6) is 0 Å². The fourth-order valence-electron chi connectivity index (χ4n) is 7.37. The van der Waals surface area contributed by atoms with E-state index in [0.29, 0.717) is 28.7 Å². The topological polar surface area (TPSA) is 41.1 Å². The molecular weight excluding hydrogens is 284 g/mol. The van der Waals surface area contributed by atoms with E-state index in [1.165, 1.54) is 51.4 Å². The van der Waals surface area contributed by atoms with Crippen LogP contribution in [0.15, 0.2) is 0 Å². The van der Waals surface area contributed by atoms with Crippen LogP contribution < -0.4 is 10.6 Å². The molecule has 0 aromatic carbocycles. The molecule has 2 unspecified atom stereocenters. The van der Waals surface area contributed by atoms with E-state index in [4.69, 9.17) is 0 Å². The third-order valence-corrected chi connectivity index (χ3v) is 8.47. The summed E-state index contributed by atoms with van der Waals surface area (Å²) in [4.78, 5) is 12.9. The molecule has 4 bridgehead atoms. The van der Waals surface area contributed by atoms with Gasteiger partial charge in [-0.3, -0.25) is 4.79 Å². The van der Waals surface area contributed by atoms with Crippen molar-refractivity contribution in [3.05, 3.63) is 0 Å². The molecular formula is C20H32N2O. The Bertz CT molecular complexity index is 472. The van der Waals surface area contributed by atoms with Gasteiger partial charge in [0.2, 0.25) is 5.91 Å². The highest BCUT2D eigenvalue weighted by molar-refractivity contribution is 5.83. The number of amides is 1. The Kier molecular flexibility index (Phi) is 3.19. The van der Waals surface area contributed by atoms with E-state index < -0.39 is 0 Å². The maximum atomic E-state index is 12.9. The normalized spacial score (nSPS) is 47.5. The van der Waals surface area contributed by atoms with E-state index in [0.717, 1.165) is 37.3 Å². The summed E-state index contributed by atoms with van der Waals surface area (Å²) in [5.74, 6) is 3.61. The van der Waals surface area contributed by atoms with E-state index in [9.17, 15) is 4.79 Å². The summed E-state index contributed by atoms with van der Waals surface area (Å²) in [7, 11) is 0. The molecule has 6 aliphatic rings. The number of piperidine rings is 1. The Balaban J connectivity index is 1.25. The van der Waals surface area contributed by atoms with Crippen molar-refractivity contribution in [2.75, 3.05) is 13.1 Å². The van der Waals surface area contributed by atoms with Crippen LogP contribution in [-0.2, 0) is 4.79 Å². The van der Waals surface area contributed by atoms with E-state index in [1.54, 1.807) is 0 Å². The van der Waals surface area contributed by atoms with Gasteiger partial charge in [-0.25, -0.2) is 0 Å². The standard InChI is InChI=1S/C20H32N2O/c1-13(20-9-14-6-15(10-20)8-16(7-14)11-20)22-18(23)17-12-19(17)2-4-21-5-3-19/h13-17,21H,2-12H2,1H3,(H,22,23). The molecule has 0 aromatic heterocycles. The molecule has 5 saturated carbocycles. The van der Waals surface area contributed by atoms with Crippen molar-refractivity contribution < 1.29 is 4.79 Å². The second-order valence-corrected chi connectivity index (χ2v) is 9.88. The Labute approximate surface area is 140 Å². The van der Waals surface area contributed by atoms with Crippen LogP contribution in [0.1, 0.15) is 64.7 Å². The number of carbonyl (C=O) groups excluding carboxylic acids is 1. The van der Waals surface area contributed by atoms with Crippen molar-refractivity contribution in [1.82, 2.24) is 10.6 Å². The molecule has 0 radical (unpaired) electrons. The predicted molar refractivity (Wildman–Crippen MR) is 90.9 cm³/mol. The molecule has 3 heteroatoms. The lowest BCUT2D eigenvalue weighted by Crippen LogP contribution is -2.56. The molecule has 2 atom stereocenters. The molecule has 1 aliphatic heterocycles. The minimum Gasteiger partial charge on any atom is -0.353 e. The summed E-state index contributed by atoms with van der Waals surface area (Å²) in [5.41, 5.74) is 0.817. The first kappa shape index (κ1) is 14.7. The van der Waals surface area contributed by atoms with Gasteiger partial charge in [-0.05, 0) is 106 Å². The minimum absolute atomic E-state index is 0.320. The third-order valence-electron chi connectivity index (χ3n) is 8.47. The highest BCUT2D eigenvalue weighted by atomic mass is 16.2. The summed E-state index contributed by atoms with van der Waals surface area (Å²) < 4.78 is 0. The highest BCUT2D eigenvalue weighted by Crippen LogP contribution is 2.62. The number of carbonyl (C=O) groups is 1. The second-order valence-electron chi connectivity index (χ2n) is 9.88. The Hall–Kier alpha value is -0.570. The van der Waals surface area contributed by atoms with Gasteiger partial charge in [-0.2, -0.15) is 0 Å². The summed E-state index contributed by atoms with van der Waals surface area (Å²) in [5, 5.41) is 6.95. The number of hydrogen-bond donors (Lipinski definition) is 2. The first-order chi connectivity index (χ1) is 11.1. The van der Waals surface area contributed by atoms with Crippen LogP contribution in [0.2, 0.25) is 0 Å². The van der Waals surface area contributed by atoms with Gasteiger partial charge in [0.1, 0.15) is 0 Å². The van der Waals surface area contributed by atoms with Gasteiger partial charge in [0.15, 0.2) is 0 Å². The van der Waals surface area contributed by atoms with Crippen LogP contribution in [-0.4, -0.2) is 25.0 Å². The van der Waals surface area contributed by atoms with Gasteiger partial charge < -0.3 is 10.6 Å². The quantitative estimate of drug-likeness (QED) is 0.840. The molecule has 1 saturated heterocycles. The molecule has 5 aliphatic carbocycles. The first-order valence-corrected chi connectivity index (χ1v) is 10.1. The average Bonchev–Trinajstić information content (AvgIpc) is 3.20. The lowest BCUT2D eigenvalue weighted by atomic mass is 9.48. The Morgan fingerprint density at radius 2 is 1.57 bits per heavy atom. The zero-order valence-electron chi connectivity index (χ0n) is 14.6. The van der Waals surface area contributed by atoms with E-state index in [2.05, 4.69) is 17.6 Å². The first-order valence-electron chi connectivity index (χ1n) is 10.1. The molecule has 1 spiro atoms. The van der Waals surface area contributed by atoms with E-state index in [-0.39, 0.29) is 0 Å². The van der Waals surface area contributed by atoms with Crippen LogP contribution in [0.3, 0.4) is 0 Å². The van der Waals surface area contributed by atoms with Crippen molar-refractivity contribution in [1.29, 1.82) is 0 Å². The summed E-state index contributed by atoms with van der Waals surface area (Å²) in [6, 6.07) is 0.391. The summed E-state index contributed by atoms with van der Waals surface area (Å²) in [6.45, 7) is 4.53. The third kappa shape index (κ3) is 2.29. The predicted octanol–water partition coefficient (Wildman–Crippen LogP) is 3.10. The zero-order chi connectivity index (χ0) is 15.7. The average molecular weight is 316 g/mol. The van der Waals surface area contributed by atoms with Crippen molar-refractivity contribution in [2.45, 2.75) is 70.8 Å². The molecule has 1 amide bonds. The fraction of sp³-hybridized carbons (Fsp3) is 0.950. The van der Waals surface area contributed by atoms with Gasteiger partial charge in [0.05, 0.1) is 0 Å². The second kappa shape index (κ2) is 4.97. The van der Waals surface area contributed by atoms with Crippen LogP contribution >= 0.6 is 0 Å². The van der Waals surface area contributed by atoms with Gasteiger partial charge >= 0.3 is 0 Å². The van der Waals surface area contributed by atoms with Crippen molar-refractivity contribution in [2.24, 2.45) is 34.5 Å². The smallest absolute Gasteiger partial charge is 0.223 e. The van der Waals surface area contributed by atoms with E-state index in [1.807, 2.05) is 0 Å². The molecule has 6 rings (SSSR count). The van der Waals surface area contributed by atoms with Crippen LogP contribution in [0.25, 0.3) is 0 Å². The molecule has 1 heterocycles. The lowest BCUT2D eigenvalue weighted by Gasteiger charge is -2.59. The van der Waals surface area contributed by atoms with Crippen molar-refractivity contribution >= 4 is 5.91 Å². The molecule has 23 heavy (non-hydrogen) atoms. The Morgan fingerprint density at radius 3 is 2.13 bits per heavy atom. The van der Waals surface area contributed by atoms with Crippen LogP contribution in [0.4, 0.5) is 0 Å². The van der Waals surface area contributed by atoms with E-state index >= 15 is 0 Å². The maximum Gasteiger partial charge on any atom is 0.223 e. The Morgan fingerprint density at radius 1 is 1.00 bits per heavy atom. The molecule has 6 fully saturated rings. The SMILES string of the molecule is CC(NC(=O)C1CC12CCNCC2)C12CC3CC(CC(C3)C1)C2. The fourth-order valence-corrected chi connectivity index (χ4v) is 7.37. The van der Waals surface area contributed by atoms with Gasteiger partial charge in [0, 0.05) is 12.0 Å². The zero-order valence-corrected chi connectivity index (χ0v) is 14.6. The number of nitrogens with one attached hydrogen (secondary N) is 2. The lowest BCUT2D eigenvalue weighted by molar-refractivity contribution is -0.128. The summed E-state index contributed by atoms with van der Waals surface area (Å²) in [6.07, 6.45) is 12.2. The maximum absolute atomic E-state index is 12.9. The largest absolute Gasteiger partial charge is 0.353 e. The molecule has 2 N–H and O–H groups in total. The highest BCUT2D eigenvalue weighted by Gasteiger charge is 2.59. The van der Waals surface area contributed by atoms with Crippen LogP contribution in [0, 0.1) is 34.5 Å². The molecule has 3 nitrogen and oxygen atoms in total.